The summed E-state index contributed by atoms with van der Waals surface area (Å²) in [5, 5.41) is 0. The fourth-order valence-electron chi connectivity index (χ4n) is 2.36. The Morgan fingerprint density at radius 3 is 2.53 bits per heavy atom. The molecular formula is C15H15BrClNO. The molecule has 0 aliphatic rings. The van der Waals surface area contributed by atoms with Crippen molar-refractivity contribution >= 4 is 33.3 Å². The summed E-state index contributed by atoms with van der Waals surface area (Å²) in [5.74, 6) is -0.0142. The molecule has 1 aromatic heterocycles. The lowest BCUT2D eigenvalue weighted by molar-refractivity contribution is 0.102. The van der Waals surface area contributed by atoms with Gasteiger partial charge in [0.25, 0.3) is 0 Å². The molecule has 0 saturated heterocycles. The Balaban J connectivity index is 2.63. The van der Waals surface area contributed by atoms with Crippen LogP contribution in [-0.2, 0) is 0 Å². The number of ketones is 1. The van der Waals surface area contributed by atoms with Crippen LogP contribution in [0.2, 0.25) is 0 Å². The Hall–Kier alpha value is -1.06. The molecule has 4 heteroatoms. The average Bonchev–Trinajstić information content (AvgIpc) is 2.65. The summed E-state index contributed by atoms with van der Waals surface area (Å²) in [5.41, 5.74) is 4.92. The van der Waals surface area contributed by atoms with E-state index < -0.39 is 0 Å². The molecule has 0 atom stereocenters. The van der Waals surface area contributed by atoms with Crippen molar-refractivity contribution in [2.24, 2.45) is 0 Å². The Kier molecular flexibility index (Phi) is 4.16. The Morgan fingerprint density at radius 2 is 1.95 bits per heavy atom. The summed E-state index contributed by atoms with van der Waals surface area (Å²) in [6, 6.07) is 8.03. The standard InChI is InChI=1S/C15H15BrClNO/c1-9-6-12(16)4-5-14(9)18-10(2)7-13(11(18)3)15(19)8-17/h4-7H,8H2,1-3H3. The predicted octanol–water partition coefficient (Wildman–Crippen LogP) is 4.59. The van der Waals surface area contributed by atoms with E-state index in [-0.39, 0.29) is 11.7 Å². The summed E-state index contributed by atoms with van der Waals surface area (Å²) in [4.78, 5) is 11.8. The second-order valence-electron chi connectivity index (χ2n) is 4.61. The molecule has 0 radical (unpaired) electrons. The highest BCUT2D eigenvalue weighted by atomic mass is 79.9. The second kappa shape index (κ2) is 5.51. The normalized spacial score (nSPS) is 10.8. The minimum Gasteiger partial charge on any atom is -0.317 e. The van der Waals surface area contributed by atoms with Crippen LogP contribution < -0.4 is 0 Å². The lowest BCUT2D eigenvalue weighted by Crippen LogP contribution is -2.05. The van der Waals surface area contributed by atoms with E-state index in [1.807, 2.05) is 32.0 Å². The highest BCUT2D eigenvalue weighted by Gasteiger charge is 2.16. The van der Waals surface area contributed by atoms with Crippen molar-refractivity contribution in [1.82, 2.24) is 4.57 Å². The van der Waals surface area contributed by atoms with Gasteiger partial charge < -0.3 is 4.57 Å². The zero-order valence-electron chi connectivity index (χ0n) is 11.1. The number of alkyl halides is 1. The lowest BCUT2D eigenvalue weighted by atomic mass is 10.1. The van der Waals surface area contributed by atoms with Crippen LogP contribution in [0, 0.1) is 20.8 Å². The van der Waals surface area contributed by atoms with Gasteiger partial charge in [0.1, 0.15) is 0 Å². The Bertz CT molecular complexity index is 646. The summed E-state index contributed by atoms with van der Waals surface area (Å²) in [6.45, 7) is 6.01. The molecule has 0 N–H and O–H groups in total. The van der Waals surface area contributed by atoms with Gasteiger partial charge in [0.05, 0.1) is 5.88 Å². The number of Topliss-reactive ketones (excluding diaryl/α,β-unsaturated/α-hetero) is 1. The zero-order chi connectivity index (χ0) is 14.2. The van der Waals surface area contributed by atoms with E-state index in [4.69, 9.17) is 11.6 Å². The predicted molar refractivity (Wildman–Crippen MR) is 82.7 cm³/mol. The van der Waals surface area contributed by atoms with E-state index in [2.05, 4.69) is 33.5 Å². The number of aryl methyl sites for hydroxylation is 2. The number of rotatable bonds is 3. The molecule has 0 saturated carbocycles. The van der Waals surface area contributed by atoms with E-state index in [0.29, 0.717) is 5.56 Å². The minimum absolute atomic E-state index is 0.0175. The number of carbonyl (C=O) groups excluding carboxylic acids is 1. The first-order valence-corrected chi connectivity index (χ1v) is 7.33. The first-order chi connectivity index (χ1) is 8.95. The summed E-state index contributed by atoms with van der Waals surface area (Å²) >= 11 is 9.12. The van der Waals surface area contributed by atoms with Crippen LogP contribution in [0.3, 0.4) is 0 Å². The van der Waals surface area contributed by atoms with E-state index in [9.17, 15) is 4.79 Å². The number of aromatic nitrogens is 1. The number of hydrogen-bond donors (Lipinski definition) is 0. The van der Waals surface area contributed by atoms with Crippen LogP contribution in [0.1, 0.15) is 27.3 Å². The molecule has 0 bridgehead atoms. The lowest BCUT2D eigenvalue weighted by Gasteiger charge is -2.13. The Labute approximate surface area is 126 Å². The molecule has 2 rings (SSSR count). The van der Waals surface area contributed by atoms with E-state index in [0.717, 1.165) is 27.1 Å². The largest absolute Gasteiger partial charge is 0.317 e. The maximum atomic E-state index is 11.8. The highest BCUT2D eigenvalue weighted by Crippen LogP contribution is 2.25. The number of carbonyl (C=O) groups is 1. The molecule has 100 valence electrons. The molecule has 0 spiro atoms. The van der Waals surface area contributed by atoms with Crippen LogP contribution >= 0.6 is 27.5 Å². The monoisotopic (exact) mass is 339 g/mol. The molecule has 2 aromatic rings. The van der Waals surface area contributed by atoms with Crippen LogP contribution in [0.5, 0.6) is 0 Å². The zero-order valence-corrected chi connectivity index (χ0v) is 13.5. The summed E-state index contributed by atoms with van der Waals surface area (Å²) in [6.07, 6.45) is 0. The third-order valence-corrected chi connectivity index (χ3v) is 3.99. The number of benzene rings is 1. The van der Waals surface area contributed by atoms with Gasteiger partial charge in [-0.15, -0.1) is 11.6 Å². The van der Waals surface area contributed by atoms with Gasteiger partial charge in [-0.05, 0) is 50.6 Å². The third-order valence-electron chi connectivity index (χ3n) is 3.25. The smallest absolute Gasteiger partial charge is 0.179 e. The average molecular weight is 341 g/mol. The van der Waals surface area contributed by atoms with Gasteiger partial charge >= 0.3 is 0 Å². The highest BCUT2D eigenvalue weighted by molar-refractivity contribution is 9.10. The van der Waals surface area contributed by atoms with Crippen molar-refractivity contribution in [3.8, 4) is 5.69 Å². The molecule has 19 heavy (non-hydrogen) atoms. The van der Waals surface area contributed by atoms with Gasteiger partial charge in [-0.2, -0.15) is 0 Å². The topological polar surface area (TPSA) is 22.0 Å². The van der Waals surface area contributed by atoms with Crippen molar-refractivity contribution in [1.29, 1.82) is 0 Å². The van der Waals surface area contributed by atoms with Gasteiger partial charge in [0, 0.05) is 27.1 Å². The van der Waals surface area contributed by atoms with Crippen LogP contribution in [0.15, 0.2) is 28.7 Å². The van der Waals surface area contributed by atoms with Gasteiger partial charge in [-0.1, -0.05) is 15.9 Å². The van der Waals surface area contributed by atoms with Crippen LogP contribution in [-0.4, -0.2) is 16.2 Å². The molecule has 0 fully saturated rings. The maximum Gasteiger partial charge on any atom is 0.179 e. The molecule has 1 aromatic carbocycles. The Morgan fingerprint density at radius 1 is 1.26 bits per heavy atom. The van der Waals surface area contributed by atoms with E-state index in [1.165, 1.54) is 0 Å². The van der Waals surface area contributed by atoms with Crippen LogP contribution in [0.4, 0.5) is 0 Å². The number of nitrogens with zero attached hydrogens (tertiary/aromatic N) is 1. The van der Waals surface area contributed by atoms with Crippen molar-refractivity contribution in [3.05, 3.63) is 51.3 Å². The third kappa shape index (κ3) is 2.63. The minimum atomic E-state index is -0.0317. The molecule has 2 nitrogen and oxygen atoms in total. The van der Waals surface area contributed by atoms with Gasteiger partial charge in [-0.3, -0.25) is 4.79 Å². The molecule has 0 aliphatic heterocycles. The van der Waals surface area contributed by atoms with Crippen LogP contribution in [0.25, 0.3) is 5.69 Å². The van der Waals surface area contributed by atoms with Crippen molar-refractivity contribution < 1.29 is 4.79 Å². The summed E-state index contributed by atoms with van der Waals surface area (Å²) in [7, 11) is 0. The van der Waals surface area contributed by atoms with Crippen molar-refractivity contribution in [3.63, 3.8) is 0 Å². The van der Waals surface area contributed by atoms with Gasteiger partial charge in [-0.25, -0.2) is 0 Å². The molecule has 0 unspecified atom stereocenters. The van der Waals surface area contributed by atoms with E-state index >= 15 is 0 Å². The first kappa shape index (κ1) is 14.4. The number of hydrogen-bond acceptors (Lipinski definition) is 1. The van der Waals surface area contributed by atoms with Gasteiger partial charge in [0.15, 0.2) is 5.78 Å². The van der Waals surface area contributed by atoms with Gasteiger partial charge in [0.2, 0.25) is 0 Å². The fraction of sp³-hybridized carbons (Fsp3) is 0.267. The fourth-order valence-corrected chi connectivity index (χ4v) is 2.98. The van der Waals surface area contributed by atoms with Crippen molar-refractivity contribution in [2.75, 3.05) is 5.88 Å². The first-order valence-electron chi connectivity index (χ1n) is 6.00. The quantitative estimate of drug-likeness (QED) is 0.592. The maximum absolute atomic E-state index is 11.8. The molecule has 0 aliphatic carbocycles. The molecule has 0 amide bonds. The second-order valence-corrected chi connectivity index (χ2v) is 5.79. The number of halogens is 2. The SMILES string of the molecule is Cc1cc(Br)ccc1-n1c(C)cc(C(=O)CCl)c1C. The van der Waals surface area contributed by atoms with E-state index in [1.54, 1.807) is 0 Å². The molecule has 1 heterocycles. The summed E-state index contributed by atoms with van der Waals surface area (Å²) < 4.78 is 3.15. The van der Waals surface area contributed by atoms with Crippen molar-refractivity contribution in [2.45, 2.75) is 20.8 Å². The molecular weight excluding hydrogens is 326 g/mol.